The predicted octanol–water partition coefficient (Wildman–Crippen LogP) is 5.31. The number of aryl methyl sites for hydroxylation is 1. The van der Waals surface area contributed by atoms with Gasteiger partial charge in [-0.1, -0.05) is 55.9 Å². The summed E-state index contributed by atoms with van der Waals surface area (Å²) in [6.07, 6.45) is 0. The second-order valence-corrected chi connectivity index (χ2v) is 8.41. The summed E-state index contributed by atoms with van der Waals surface area (Å²) in [6, 6.07) is 15.7. The first-order valence-electron chi connectivity index (χ1n) is 9.59. The van der Waals surface area contributed by atoms with Crippen molar-refractivity contribution < 1.29 is 4.42 Å². The van der Waals surface area contributed by atoms with Crippen molar-refractivity contribution >= 4 is 22.7 Å². The highest BCUT2D eigenvalue weighted by molar-refractivity contribution is 7.98. The predicted molar refractivity (Wildman–Crippen MR) is 117 cm³/mol. The molecule has 0 atom stereocenters. The van der Waals surface area contributed by atoms with E-state index in [0.717, 1.165) is 33.1 Å². The number of rotatable bonds is 5. The van der Waals surface area contributed by atoms with Gasteiger partial charge in [-0.2, -0.15) is 0 Å². The molecule has 0 spiro atoms. The maximum absolute atomic E-state index is 12.1. The average molecular weight is 406 g/mol. The van der Waals surface area contributed by atoms with Crippen molar-refractivity contribution in [2.45, 2.75) is 37.6 Å². The topological polar surface area (TPSA) is 60.9 Å². The van der Waals surface area contributed by atoms with Crippen LogP contribution in [-0.2, 0) is 12.8 Å². The van der Waals surface area contributed by atoms with E-state index in [9.17, 15) is 4.79 Å². The maximum atomic E-state index is 12.1. The van der Waals surface area contributed by atoms with Crippen molar-refractivity contribution in [3.8, 4) is 11.4 Å². The molecule has 0 saturated heterocycles. The van der Waals surface area contributed by atoms with Gasteiger partial charge in [0.2, 0.25) is 0 Å². The molecule has 4 aromatic rings. The molecule has 5 nitrogen and oxygen atoms in total. The molecule has 0 saturated carbocycles. The summed E-state index contributed by atoms with van der Waals surface area (Å²) in [5.74, 6) is 1.84. The molecule has 0 unspecified atom stereocenters. The number of nitrogens with zero attached hydrogens (tertiary/aromatic N) is 3. The van der Waals surface area contributed by atoms with E-state index in [4.69, 9.17) is 4.42 Å². The van der Waals surface area contributed by atoms with Gasteiger partial charge in [0.05, 0.1) is 0 Å². The Morgan fingerprint density at radius 3 is 2.59 bits per heavy atom. The van der Waals surface area contributed by atoms with E-state index in [1.165, 1.54) is 5.56 Å². The molecule has 6 heteroatoms. The smallest absolute Gasteiger partial charge is 0.336 e. The fourth-order valence-electron chi connectivity index (χ4n) is 3.55. The van der Waals surface area contributed by atoms with Crippen LogP contribution in [0.2, 0.25) is 0 Å². The Morgan fingerprint density at radius 1 is 1.10 bits per heavy atom. The van der Waals surface area contributed by atoms with E-state index >= 15 is 0 Å². The lowest BCUT2D eigenvalue weighted by Gasteiger charge is -2.13. The highest BCUT2D eigenvalue weighted by Gasteiger charge is 2.14. The Morgan fingerprint density at radius 2 is 1.86 bits per heavy atom. The third kappa shape index (κ3) is 3.85. The Hall–Kier alpha value is -2.86. The lowest BCUT2D eigenvalue weighted by molar-refractivity contribution is 0.559. The van der Waals surface area contributed by atoms with Gasteiger partial charge >= 0.3 is 5.63 Å². The summed E-state index contributed by atoms with van der Waals surface area (Å²) < 4.78 is 7.44. The number of hydrogen-bond donors (Lipinski definition) is 0. The zero-order chi connectivity index (χ0) is 20.5. The Labute approximate surface area is 173 Å². The second kappa shape index (κ2) is 7.87. The van der Waals surface area contributed by atoms with E-state index in [0.29, 0.717) is 17.3 Å². The molecule has 0 N–H and O–H groups in total. The maximum Gasteiger partial charge on any atom is 0.336 e. The zero-order valence-corrected chi connectivity index (χ0v) is 17.8. The van der Waals surface area contributed by atoms with E-state index < -0.39 is 0 Å². The molecule has 4 rings (SSSR count). The standard InChI is InChI=1S/C23H23N3O2S/c1-14(2)18-12-19-17(11-21(27)28-20(19)10-15(18)3)13-29-23-25-24-22(26(23)4)16-8-6-5-7-9-16/h5-12,14H,13H2,1-4H3. The highest BCUT2D eigenvalue weighted by Crippen LogP contribution is 2.30. The van der Waals surface area contributed by atoms with Gasteiger partial charge < -0.3 is 8.98 Å². The number of aromatic nitrogens is 3. The van der Waals surface area contributed by atoms with E-state index in [2.05, 4.69) is 37.0 Å². The van der Waals surface area contributed by atoms with E-state index in [-0.39, 0.29) is 5.63 Å². The molecule has 29 heavy (non-hydrogen) atoms. The molecule has 148 valence electrons. The van der Waals surface area contributed by atoms with Gasteiger partial charge in [-0.15, -0.1) is 10.2 Å². The van der Waals surface area contributed by atoms with Crippen LogP contribution in [0.4, 0.5) is 0 Å². The molecule has 0 amide bonds. The summed E-state index contributed by atoms with van der Waals surface area (Å²) >= 11 is 1.57. The first-order valence-corrected chi connectivity index (χ1v) is 10.6. The summed E-state index contributed by atoms with van der Waals surface area (Å²) in [7, 11) is 1.96. The molecule has 0 aliphatic rings. The van der Waals surface area contributed by atoms with Gasteiger partial charge in [0.1, 0.15) is 5.58 Å². The van der Waals surface area contributed by atoms with Crippen molar-refractivity contribution in [1.29, 1.82) is 0 Å². The van der Waals surface area contributed by atoms with Gasteiger partial charge in [-0.3, -0.25) is 0 Å². The van der Waals surface area contributed by atoms with Crippen LogP contribution in [0.3, 0.4) is 0 Å². The number of fused-ring (bicyclic) bond motifs is 1. The van der Waals surface area contributed by atoms with Crippen LogP contribution in [0, 0.1) is 6.92 Å². The first-order chi connectivity index (χ1) is 13.9. The normalized spacial score (nSPS) is 11.5. The minimum atomic E-state index is -0.326. The van der Waals surface area contributed by atoms with Crippen molar-refractivity contribution in [2.24, 2.45) is 7.05 Å². The lowest BCUT2D eigenvalue weighted by atomic mass is 9.95. The Balaban J connectivity index is 1.68. The number of thioether (sulfide) groups is 1. The third-order valence-corrected chi connectivity index (χ3v) is 6.13. The molecular weight excluding hydrogens is 382 g/mol. The Bertz CT molecular complexity index is 1230. The number of hydrogen-bond acceptors (Lipinski definition) is 5. The fraction of sp³-hybridized carbons (Fsp3) is 0.261. The van der Waals surface area contributed by atoms with Crippen LogP contribution in [0.1, 0.15) is 36.5 Å². The van der Waals surface area contributed by atoms with Crippen molar-refractivity contribution in [3.63, 3.8) is 0 Å². The van der Waals surface area contributed by atoms with Crippen LogP contribution < -0.4 is 5.63 Å². The van der Waals surface area contributed by atoms with Crippen molar-refractivity contribution in [2.75, 3.05) is 0 Å². The van der Waals surface area contributed by atoms with Crippen molar-refractivity contribution in [3.05, 3.63) is 75.6 Å². The largest absolute Gasteiger partial charge is 0.423 e. The van der Waals surface area contributed by atoms with Gasteiger partial charge in [-0.25, -0.2) is 4.79 Å². The minimum absolute atomic E-state index is 0.326. The van der Waals surface area contributed by atoms with E-state index in [1.54, 1.807) is 17.8 Å². The van der Waals surface area contributed by atoms with Gasteiger partial charge in [-0.05, 0) is 41.7 Å². The number of benzene rings is 2. The summed E-state index contributed by atoms with van der Waals surface area (Å²) in [4.78, 5) is 12.1. The second-order valence-electron chi connectivity index (χ2n) is 7.47. The monoisotopic (exact) mass is 405 g/mol. The summed E-state index contributed by atoms with van der Waals surface area (Å²) in [5.41, 5.74) is 4.69. The zero-order valence-electron chi connectivity index (χ0n) is 17.0. The van der Waals surface area contributed by atoms with Gasteiger partial charge in [0.15, 0.2) is 11.0 Å². The summed E-state index contributed by atoms with van der Waals surface area (Å²) in [6.45, 7) is 6.40. The van der Waals surface area contributed by atoms with Crippen LogP contribution in [0.25, 0.3) is 22.4 Å². The average Bonchev–Trinajstić information content (AvgIpc) is 3.06. The molecule has 2 aromatic heterocycles. The minimum Gasteiger partial charge on any atom is -0.423 e. The molecule has 0 aliphatic carbocycles. The molecule has 2 heterocycles. The molecule has 0 radical (unpaired) electrons. The van der Waals surface area contributed by atoms with Crippen LogP contribution in [0.15, 0.2) is 62.9 Å². The third-order valence-electron chi connectivity index (χ3n) is 5.06. The van der Waals surface area contributed by atoms with Crippen molar-refractivity contribution in [1.82, 2.24) is 14.8 Å². The summed E-state index contributed by atoms with van der Waals surface area (Å²) in [5, 5.41) is 10.5. The Kier molecular flexibility index (Phi) is 5.28. The highest BCUT2D eigenvalue weighted by atomic mass is 32.2. The van der Waals surface area contributed by atoms with Crippen LogP contribution >= 0.6 is 11.8 Å². The lowest BCUT2D eigenvalue weighted by Crippen LogP contribution is -2.02. The molecular formula is C23H23N3O2S. The van der Waals surface area contributed by atoms with Crippen LogP contribution in [-0.4, -0.2) is 14.8 Å². The van der Waals surface area contributed by atoms with E-state index in [1.807, 2.05) is 48.0 Å². The molecule has 0 fully saturated rings. The quantitative estimate of drug-likeness (QED) is 0.332. The van der Waals surface area contributed by atoms with Crippen LogP contribution in [0.5, 0.6) is 0 Å². The van der Waals surface area contributed by atoms with Gasteiger partial charge in [0, 0.05) is 29.8 Å². The fourth-order valence-corrected chi connectivity index (χ4v) is 4.46. The van der Waals surface area contributed by atoms with Gasteiger partial charge in [0.25, 0.3) is 0 Å². The SMILES string of the molecule is Cc1cc2oc(=O)cc(CSc3nnc(-c4ccccc4)n3C)c2cc1C(C)C. The molecule has 0 bridgehead atoms. The molecule has 0 aliphatic heterocycles. The first kappa shape index (κ1) is 19.5. The molecule has 2 aromatic carbocycles.